The Hall–Kier alpha value is -1.39. The predicted molar refractivity (Wildman–Crippen MR) is 48.9 cm³/mol. The van der Waals surface area contributed by atoms with Crippen LogP contribution in [0.25, 0.3) is 0 Å². The summed E-state index contributed by atoms with van der Waals surface area (Å²) in [6.07, 6.45) is -4.88. The molecule has 0 saturated heterocycles. The average molecular weight is 220 g/mol. The molecule has 0 atom stereocenters. The molecule has 0 aromatic heterocycles. The van der Waals surface area contributed by atoms with Crippen molar-refractivity contribution in [2.75, 3.05) is 0 Å². The molecule has 0 saturated carbocycles. The maximum absolute atomic E-state index is 12.5. The fourth-order valence-corrected chi connectivity index (χ4v) is 1.10. The lowest BCUT2D eigenvalue weighted by molar-refractivity contribution is -0.139. The van der Waals surface area contributed by atoms with Gasteiger partial charge in [0.25, 0.3) is 0 Å². The Morgan fingerprint density at radius 2 is 1.87 bits per heavy atom. The molecule has 2 nitrogen and oxygen atoms in total. The Morgan fingerprint density at radius 3 is 2.33 bits per heavy atom. The first kappa shape index (κ1) is 11.7. The molecule has 1 rings (SSSR count). The summed E-state index contributed by atoms with van der Waals surface area (Å²) in [6, 6.07) is 2.92. The van der Waals surface area contributed by atoms with E-state index in [9.17, 15) is 13.2 Å². The maximum atomic E-state index is 12.5. The second-order valence-corrected chi connectivity index (χ2v) is 3.34. The van der Waals surface area contributed by atoms with E-state index in [1.54, 1.807) is 13.8 Å². The first-order valence-electron chi connectivity index (χ1n) is 4.37. The molecule has 0 bridgehead atoms. The van der Waals surface area contributed by atoms with Crippen LogP contribution in [0.15, 0.2) is 18.2 Å². The molecule has 0 heterocycles. The lowest BCUT2D eigenvalue weighted by Crippen LogP contribution is -2.12. The number of benzene rings is 1. The predicted octanol–water partition coefficient (Wildman–Crippen LogP) is 3.20. The van der Waals surface area contributed by atoms with E-state index < -0.39 is 17.5 Å². The van der Waals surface area contributed by atoms with Gasteiger partial charge >= 0.3 is 6.18 Å². The molecule has 15 heavy (non-hydrogen) atoms. The molecular weight excluding hydrogens is 209 g/mol. The second kappa shape index (κ2) is 4.00. The third-order valence-corrected chi connectivity index (χ3v) is 1.63. The van der Waals surface area contributed by atoms with E-state index in [2.05, 4.69) is 0 Å². The van der Waals surface area contributed by atoms with Crippen LogP contribution in [-0.2, 0) is 6.18 Å². The fourth-order valence-electron chi connectivity index (χ4n) is 1.10. The van der Waals surface area contributed by atoms with Gasteiger partial charge in [0.05, 0.1) is 6.10 Å². The Labute approximate surface area is 85.3 Å². The molecule has 0 amide bonds. The summed E-state index contributed by atoms with van der Waals surface area (Å²) in [4.78, 5) is 0. The van der Waals surface area contributed by atoms with Gasteiger partial charge < -0.3 is 9.84 Å². The summed E-state index contributed by atoms with van der Waals surface area (Å²) in [5, 5.41) is 8.98. The molecule has 0 unspecified atom stereocenters. The van der Waals surface area contributed by atoms with E-state index in [0.29, 0.717) is 6.07 Å². The first-order chi connectivity index (χ1) is 6.80. The summed E-state index contributed by atoms with van der Waals surface area (Å²) < 4.78 is 42.5. The van der Waals surface area contributed by atoms with Crippen molar-refractivity contribution in [3.8, 4) is 11.5 Å². The van der Waals surface area contributed by atoms with Crippen molar-refractivity contribution in [3.05, 3.63) is 23.8 Å². The summed E-state index contributed by atoms with van der Waals surface area (Å²) in [7, 11) is 0. The molecule has 0 aliphatic rings. The number of ether oxygens (including phenoxy) is 1. The van der Waals surface area contributed by atoms with E-state index in [4.69, 9.17) is 9.84 Å². The topological polar surface area (TPSA) is 29.5 Å². The number of alkyl halides is 3. The smallest absolute Gasteiger partial charge is 0.420 e. The summed E-state index contributed by atoms with van der Waals surface area (Å²) in [6.45, 7) is 3.26. The van der Waals surface area contributed by atoms with Crippen LogP contribution in [0, 0.1) is 0 Å². The van der Waals surface area contributed by atoms with Gasteiger partial charge in [-0.3, -0.25) is 0 Å². The van der Waals surface area contributed by atoms with Gasteiger partial charge in [0.1, 0.15) is 17.1 Å². The van der Waals surface area contributed by atoms with E-state index >= 15 is 0 Å². The number of phenols is 1. The molecule has 0 fully saturated rings. The fraction of sp³-hybridized carbons (Fsp3) is 0.400. The molecule has 0 aliphatic carbocycles. The minimum Gasteiger partial charge on any atom is -0.508 e. The maximum Gasteiger partial charge on any atom is 0.420 e. The molecule has 1 aromatic carbocycles. The minimum atomic E-state index is -4.52. The number of halogens is 3. The van der Waals surface area contributed by atoms with Gasteiger partial charge in [-0.25, -0.2) is 0 Å². The van der Waals surface area contributed by atoms with E-state index in [0.717, 1.165) is 12.1 Å². The van der Waals surface area contributed by atoms with Gasteiger partial charge in [0, 0.05) is 0 Å². The van der Waals surface area contributed by atoms with Gasteiger partial charge in [-0.2, -0.15) is 13.2 Å². The summed E-state index contributed by atoms with van der Waals surface area (Å²) in [5.74, 6) is -0.700. The molecule has 1 N–H and O–H groups in total. The SMILES string of the molecule is CC(C)Oc1ccc(O)cc1C(F)(F)F. The molecule has 1 aromatic rings. The average Bonchev–Trinajstić information content (AvgIpc) is 2.05. The Morgan fingerprint density at radius 1 is 1.27 bits per heavy atom. The van der Waals surface area contributed by atoms with E-state index in [-0.39, 0.29) is 11.9 Å². The van der Waals surface area contributed by atoms with Crippen molar-refractivity contribution >= 4 is 0 Å². The van der Waals surface area contributed by atoms with Crippen molar-refractivity contribution in [3.63, 3.8) is 0 Å². The Balaban J connectivity index is 3.15. The van der Waals surface area contributed by atoms with Gasteiger partial charge in [0.15, 0.2) is 0 Å². The first-order valence-corrected chi connectivity index (χ1v) is 4.37. The molecular formula is C10H11F3O2. The third kappa shape index (κ3) is 3.04. The number of rotatable bonds is 2. The van der Waals surface area contributed by atoms with Crippen LogP contribution in [-0.4, -0.2) is 11.2 Å². The summed E-state index contributed by atoms with van der Waals surface area (Å²) in [5.41, 5.74) is -0.962. The van der Waals surface area contributed by atoms with Crippen LogP contribution in [0.1, 0.15) is 19.4 Å². The van der Waals surface area contributed by atoms with Crippen LogP contribution < -0.4 is 4.74 Å². The highest BCUT2D eigenvalue weighted by atomic mass is 19.4. The summed E-state index contributed by atoms with van der Waals surface area (Å²) >= 11 is 0. The zero-order chi connectivity index (χ0) is 11.6. The van der Waals surface area contributed by atoms with Crippen molar-refractivity contribution in [2.45, 2.75) is 26.1 Å². The highest BCUT2D eigenvalue weighted by Gasteiger charge is 2.35. The van der Waals surface area contributed by atoms with Gasteiger partial charge in [-0.15, -0.1) is 0 Å². The lowest BCUT2D eigenvalue weighted by atomic mass is 10.2. The Kier molecular flexibility index (Phi) is 3.12. The second-order valence-electron chi connectivity index (χ2n) is 3.34. The van der Waals surface area contributed by atoms with Crippen molar-refractivity contribution in [1.82, 2.24) is 0 Å². The van der Waals surface area contributed by atoms with Crippen LogP contribution >= 0.6 is 0 Å². The van der Waals surface area contributed by atoms with E-state index in [1.807, 2.05) is 0 Å². The molecule has 5 heteroatoms. The number of hydrogen-bond donors (Lipinski definition) is 1. The minimum absolute atomic E-state index is 0.268. The Bertz CT molecular complexity index is 345. The van der Waals surface area contributed by atoms with Gasteiger partial charge in [0.2, 0.25) is 0 Å². The van der Waals surface area contributed by atoms with Crippen LogP contribution in [0.2, 0.25) is 0 Å². The zero-order valence-corrected chi connectivity index (χ0v) is 8.30. The quantitative estimate of drug-likeness (QED) is 0.829. The highest BCUT2D eigenvalue weighted by Crippen LogP contribution is 2.38. The standard InChI is InChI=1S/C10H11F3O2/c1-6(2)15-9-4-3-7(14)5-8(9)10(11,12)13/h3-6,14H,1-2H3. The van der Waals surface area contributed by atoms with Crippen LogP contribution in [0.5, 0.6) is 11.5 Å². The molecule has 0 spiro atoms. The monoisotopic (exact) mass is 220 g/mol. The number of phenolic OH excluding ortho intramolecular Hbond substituents is 1. The largest absolute Gasteiger partial charge is 0.508 e. The van der Waals surface area contributed by atoms with Crippen LogP contribution in [0.3, 0.4) is 0 Å². The zero-order valence-electron chi connectivity index (χ0n) is 8.30. The normalized spacial score (nSPS) is 11.9. The van der Waals surface area contributed by atoms with Crippen molar-refractivity contribution in [2.24, 2.45) is 0 Å². The lowest BCUT2D eigenvalue weighted by Gasteiger charge is -2.16. The van der Waals surface area contributed by atoms with Crippen molar-refractivity contribution < 1.29 is 23.0 Å². The van der Waals surface area contributed by atoms with Gasteiger partial charge in [-0.1, -0.05) is 0 Å². The highest BCUT2D eigenvalue weighted by molar-refractivity contribution is 5.41. The molecule has 0 radical (unpaired) electrons. The molecule has 0 aliphatic heterocycles. The number of aromatic hydroxyl groups is 1. The van der Waals surface area contributed by atoms with Crippen molar-refractivity contribution in [1.29, 1.82) is 0 Å². The van der Waals surface area contributed by atoms with Crippen LogP contribution in [0.4, 0.5) is 13.2 Å². The number of hydrogen-bond acceptors (Lipinski definition) is 2. The molecule has 84 valence electrons. The van der Waals surface area contributed by atoms with Gasteiger partial charge in [-0.05, 0) is 32.0 Å². The third-order valence-electron chi connectivity index (χ3n) is 1.63. The van der Waals surface area contributed by atoms with E-state index in [1.165, 1.54) is 0 Å².